The van der Waals surface area contributed by atoms with E-state index in [1.54, 1.807) is 18.2 Å². The summed E-state index contributed by atoms with van der Waals surface area (Å²) in [5.74, 6) is -0.628. The zero-order chi connectivity index (χ0) is 15.9. The summed E-state index contributed by atoms with van der Waals surface area (Å²) in [5, 5.41) is 2.68. The highest BCUT2D eigenvalue weighted by atomic mass is 19.3. The quantitative estimate of drug-likeness (QED) is 0.853. The van der Waals surface area contributed by atoms with Crippen molar-refractivity contribution in [2.45, 2.75) is 26.4 Å². The highest BCUT2D eigenvalue weighted by molar-refractivity contribution is 6.06. The van der Waals surface area contributed by atoms with Crippen LogP contribution in [0.5, 0.6) is 5.75 Å². The number of alkyl halides is 2. The van der Waals surface area contributed by atoms with Crippen molar-refractivity contribution in [3.05, 3.63) is 59.7 Å². The number of nitrogens with one attached hydrogen (secondary N) is 1. The number of carbonyl (C=O) groups is 1. The molecule has 0 spiro atoms. The van der Waals surface area contributed by atoms with Crippen LogP contribution in [0, 0.1) is 0 Å². The lowest BCUT2D eigenvalue weighted by molar-refractivity contribution is -0.0501. The maximum Gasteiger partial charge on any atom is 0.387 e. The Balaban J connectivity index is 2.12. The van der Waals surface area contributed by atoms with Gasteiger partial charge in [0.1, 0.15) is 5.75 Å². The van der Waals surface area contributed by atoms with Gasteiger partial charge >= 0.3 is 6.61 Å². The first kappa shape index (κ1) is 15.9. The minimum atomic E-state index is -2.97. The summed E-state index contributed by atoms with van der Waals surface area (Å²) in [4.78, 5) is 12.2. The van der Waals surface area contributed by atoms with Crippen LogP contribution in [-0.4, -0.2) is 12.5 Å². The number of hydrogen-bond donors (Lipinski definition) is 1. The molecule has 0 aliphatic carbocycles. The summed E-state index contributed by atoms with van der Waals surface area (Å²) in [5.41, 5.74) is 1.86. The minimum absolute atomic E-state index is 0.0698. The number of aryl methyl sites for hydroxylation is 1. The Labute approximate surface area is 127 Å². The van der Waals surface area contributed by atoms with Crippen molar-refractivity contribution in [2.75, 3.05) is 5.32 Å². The first-order chi connectivity index (χ1) is 10.6. The van der Waals surface area contributed by atoms with E-state index < -0.39 is 12.5 Å². The second-order valence-electron chi connectivity index (χ2n) is 4.78. The van der Waals surface area contributed by atoms with E-state index in [4.69, 9.17) is 0 Å². The van der Waals surface area contributed by atoms with E-state index in [1.807, 2.05) is 12.1 Å². The average Bonchev–Trinajstić information content (AvgIpc) is 2.49. The van der Waals surface area contributed by atoms with Gasteiger partial charge in [-0.05, 0) is 36.2 Å². The van der Waals surface area contributed by atoms with Gasteiger partial charge in [-0.15, -0.1) is 0 Å². The fraction of sp³-hybridized carbons (Fsp3) is 0.235. The lowest BCUT2D eigenvalue weighted by atomic mass is 10.1. The highest BCUT2D eigenvalue weighted by Gasteiger charge is 2.15. The highest BCUT2D eigenvalue weighted by Crippen LogP contribution is 2.22. The van der Waals surface area contributed by atoms with Crippen molar-refractivity contribution in [1.82, 2.24) is 0 Å². The number of rotatable bonds is 6. The summed E-state index contributed by atoms with van der Waals surface area (Å²) in [6.07, 6.45) is 2.02. The Morgan fingerprint density at radius 3 is 2.45 bits per heavy atom. The molecule has 0 aliphatic rings. The Bertz CT molecular complexity index is 627. The van der Waals surface area contributed by atoms with Crippen LogP contribution in [0.4, 0.5) is 14.5 Å². The standard InChI is InChI=1S/C17H17F2NO2/c1-2-5-12-8-10-13(11-9-12)20-16(21)14-6-3-4-7-15(14)22-17(18)19/h3-4,6-11,17H,2,5H2,1H3,(H,20,21). The van der Waals surface area contributed by atoms with Gasteiger partial charge in [0.2, 0.25) is 0 Å². The van der Waals surface area contributed by atoms with E-state index >= 15 is 0 Å². The topological polar surface area (TPSA) is 38.3 Å². The van der Waals surface area contributed by atoms with Crippen LogP contribution in [-0.2, 0) is 6.42 Å². The largest absolute Gasteiger partial charge is 0.434 e. The molecule has 0 fully saturated rings. The molecule has 22 heavy (non-hydrogen) atoms. The molecule has 0 bridgehead atoms. The van der Waals surface area contributed by atoms with Crippen LogP contribution in [0.15, 0.2) is 48.5 Å². The summed E-state index contributed by atoms with van der Waals surface area (Å²) in [6.45, 7) is -0.877. The van der Waals surface area contributed by atoms with Crippen LogP contribution < -0.4 is 10.1 Å². The SMILES string of the molecule is CCCc1ccc(NC(=O)c2ccccc2OC(F)F)cc1. The van der Waals surface area contributed by atoms with E-state index in [0.717, 1.165) is 12.8 Å². The predicted molar refractivity (Wildman–Crippen MR) is 81.5 cm³/mol. The van der Waals surface area contributed by atoms with Crippen LogP contribution in [0.2, 0.25) is 0 Å². The van der Waals surface area contributed by atoms with Crippen molar-refractivity contribution >= 4 is 11.6 Å². The number of halogens is 2. The minimum Gasteiger partial charge on any atom is -0.434 e. The van der Waals surface area contributed by atoms with E-state index in [2.05, 4.69) is 17.0 Å². The van der Waals surface area contributed by atoms with E-state index in [9.17, 15) is 13.6 Å². The molecule has 2 rings (SSSR count). The third-order valence-corrected chi connectivity index (χ3v) is 3.10. The lowest BCUT2D eigenvalue weighted by Crippen LogP contribution is -2.14. The number of anilines is 1. The van der Waals surface area contributed by atoms with E-state index in [1.165, 1.54) is 23.8 Å². The molecular weight excluding hydrogens is 288 g/mol. The van der Waals surface area contributed by atoms with E-state index in [-0.39, 0.29) is 11.3 Å². The van der Waals surface area contributed by atoms with Gasteiger partial charge in [-0.3, -0.25) is 4.79 Å². The number of benzene rings is 2. The fourth-order valence-corrected chi connectivity index (χ4v) is 2.09. The van der Waals surface area contributed by atoms with Crippen LogP contribution in [0.25, 0.3) is 0 Å². The molecule has 0 heterocycles. The van der Waals surface area contributed by atoms with Crippen molar-refractivity contribution in [2.24, 2.45) is 0 Å². The lowest BCUT2D eigenvalue weighted by Gasteiger charge is -2.11. The van der Waals surface area contributed by atoms with Gasteiger partial charge in [-0.1, -0.05) is 37.6 Å². The molecule has 0 unspecified atom stereocenters. The molecule has 116 valence electrons. The van der Waals surface area contributed by atoms with Gasteiger partial charge in [0.05, 0.1) is 5.56 Å². The molecule has 2 aromatic carbocycles. The molecule has 1 amide bonds. The maximum absolute atomic E-state index is 12.4. The van der Waals surface area contributed by atoms with Gasteiger partial charge in [-0.25, -0.2) is 0 Å². The predicted octanol–water partition coefficient (Wildman–Crippen LogP) is 4.49. The number of amides is 1. The second-order valence-corrected chi connectivity index (χ2v) is 4.78. The first-order valence-corrected chi connectivity index (χ1v) is 7.04. The monoisotopic (exact) mass is 305 g/mol. The molecule has 0 atom stereocenters. The third-order valence-electron chi connectivity index (χ3n) is 3.10. The second kappa shape index (κ2) is 7.54. The number of ether oxygens (including phenoxy) is 1. The smallest absolute Gasteiger partial charge is 0.387 e. The van der Waals surface area contributed by atoms with Crippen molar-refractivity contribution in [1.29, 1.82) is 0 Å². The average molecular weight is 305 g/mol. The molecule has 0 saturated carbocycles. The Hall–Kier alpha value is -2.43. The zero-order valence-corrected chi connectivity index (χ0v) is 12.2. The number of para-hydroxylation sites is 1. The molecule has 0 radical (unpaired) electrons. The molecule has 5 heteroatoms. The maximum atomic E-state index is 12.4. The first-order valence-electron chi connectivity index (χ1n) is 7.04. The molecule has 0 aromatic heterocycles. The molecule has 1 N–H and O–H groups in total. The molecular formula is C17H17F2NO2. The summed E-state index contributed by atoms with van der Waals surface area (Å²) < 4.78 is 29.1. The molecule has 2 aromatic rings. The van der Waals surface area contributed by atoms with Crippen molar-refractivity contribution in [3.63, 3.8) is 0 Å². The zero-order valence-electron chi connectivity index (χ0n) is 12.2. The third kappa shape index (κ3) is 4.28. The number of hydrogen-bond acceptors (Lipinski definition) is 2. The summed E-state index contributed by atoms with van der Waals surface area (Å²) in [6, 6.07) is 13.4. The van der Waals surface area contributed by atoms with Crippen LogP contribution in [0.1, 0.15) is 29.3 Å². The Morgan fingerprint density at radius 1 is 1.14 bits per heavy atom. The Morgan fingerprint density at radius 2 is 1.82 bits per heavy atom. The van der Waals surface area contributed by atoms with Gasteiger partial charge in [-0.2, -0.15) is 8.78 Å². The van der Waals surface area contributed by atoms with Gasteiger partial charge in [0.25, 0.3) is 5.91 Å². The Kier molecular flexibility index (Phi) is 5.47. The van der Waals surface area contributed by atoms with Crippen LogP contribution >= 0.6 is 0 Å². The van der Waals surface area contributed by atoms with Gasteiger partial charge in [0, 0.05) is 5.69 Å². The summed E-state index contributed by atoms with van der Waals surface area (Å²) >= 11 is 0. The normalized spacial score (nSPS) is 10.5. The molecule has 3 nitrogen and oxygen atoms in total. The molecule has 0 aliphatic heterocycles. The van der Waals surface area contributed by atoms with E-state index in [0.29, 0.717) is 5.69 Å². The van der Waals surface area contributed by atoms with Crippen molar-refractivity contribution < 1.29 is 18.3 Å². The van der Waals surface area contributed by atoms with Gasteiger partial charge < -0.3 is 10.1 Å². The summed E-state index contributed by atoms with van der Waals surface area (Å²) in [7, 11) is 0. The van der Waals surface area contributed by atoms with Crippen molar-refractivity contribution in [3.8, 4) is 5.75 Å². The fourth-order valence-electron chi connectivity index (χ4n) is 2.09. The van der Waals surface area contributed by atoms with Gasteiger partial charge in [0.15, 0.2) is 0 Å². The molecule has 0 saturated heterocycles. The van der Waals surface area contributed by atoms with Crippen LogP contribution in [0.3, 0.4) is 0 Å². The number of carbonyl (C=O) groups excluding carboxylic acids is 1.